The zero-order valence-corrected chi connectivity index (χ0v) is 10.6. The lowest BCUT2D eigenvalue weighted by atomic mass is 9.63. The van der Waals surface area contributed by atoms with Gasteiger partial charge in [0.2, 0.25) is 0 Å². The van der Waals surface area contributed by atoms with Crippen LogP contribution < -0.4 is 5.32 Å². The summed E-state index contributed by atoms with van der Waals surface area (Å²) in [6.07, 6.45) is 7.08. The van der Waals surface area contributed by atoms with Gasteiger partial charge < -0.3 is 5.32 Å². The Balaban J connectivity index is 2.76. The molecule has 1 nitrogen and oxygen atoms in total. The zero-order valence-electron chi connectivity index (χ0n) is 10.6. The van der Waals surface area contributed by atoms with Crippen LogP contribution in [0, 0.1) is 10.8 Å². The Bertz CT molecular complexity index is 172. The van der Waals surface area contributed by atoms with Crippen molar-refractivity contribution in [2.75, 3.05) is 7.05 Å². The fourth-order valence-electron chi connectivity index (χ4n) is 3.47. The summed E-state index contributed by atoms with van der Waals surface area (Å²) in [4.78, 5) is 0. The highest BCUT2D eigenvalue weighted by Crippen LogP contribution is 2.44. The van der Waals surface area contributed by atoms with E-state index < -0.39 is 0 Å². The molecule has 84 valence electrons. The first-order valence-corrected chi connectivity index (χ1v) is 6.07. The van der Waals surface area contributed by atoms with Crippen molar-refractivity contribution in [3.63, 3.8) is 0 Å². The van der Waals surface area contributed by atoms with Gasteiger partial charge in [0.15, 0.2) is 0 Å². The lowest BCUT2D eigenvalue weighted by molar-refractivity contribution is 0.0751. The van der Waals surface area contributed by atoms with E-state index in [1.54, 1.807) is 0 Å². The molecule has 0 heterocycles. The second-order valence-electron chi connectivity index (χ2n) is 6.30. The Kier molecular flexibility index (Phi) is 3.63. The van der Waals surface area contributed by atoms with Crippen LogP contribution in [0.5, 0.6) is 0 Å². The van der Waals surface area contributed by atoms with Crippen molar-refractivity contribution in [3.8, 4) is 0 Å². The quantitative estimate of drug-likeness (QED) is 0.713. The van der Waals surface area contributed by atoms with Gasteiger partial charge in [-0.15, -0.1) is 0 Å². The molecule has 1 rings (SSSR count). The Morgan fingerprint density at radius 3 is 1.93 bits per heavy atom. The van der Waals surface area contributed by atoms with E-state index in [2.05, 4.69) is 40.1 Å². The average molecular weight is 197 g/mol. The van der Waals surface area contributed by atoms with Gasteiger partial charge >= 0.3 is 0 Å². The maximum atomic E-state index is 3.55. The zero-order chi connectivity index (χ0) is 10.8. The van der Waals surface area contributed by atoms with Crippen molar-refractivity contribution in [2.45, 2.75) is 65.8 Å². The van der Waals surface area contributed by atoms with E-state index in [-0.39, 0.29) is 0 Å². The highest BCUT2D eigenvalue weighted by Gasteiger charge is 2.40. The SMILES string of the molecule is CNC(C(C)(C)C)C1(C)CCCCC1. The van der Waals surface area contributed by atoms with Crippen molar-refractivity contribution < 1.29 is 0 Å². The van der Waals surface area contributed by atoms with Crippen LogP contribution in [0.2, 0.25) is 0 Å². The van der Waals surface area contributed by atoms with Crippen molar-refractivity contribution in [2.24, 2.45) is 10.8 Å². The molecule has 0 aromatic carbocycles. The van der Waals surface area contributed by atoms with Gasteiger partial charge in [-0.25, -0.2) is 0 Å². The molecular weight excluding hydrogens is 170 g/mol. The number of rotatable bonds is 2. The monoisotopic (exact) mass is 197 g/mol. The molecule has 0 amide bonds. The number of nitrogens with one attached hydrogen (secondary N) is 1. The number of hydrogen-bond donors (Lipinski definition) is 1. The topological polar surface area (TPSA) is 12.0 Å². The summed E-state index contributed by atoms with van der Waals surface area (Å²) >= 11 is 0. The summed E-state index contributed by atoms with van der Waals surface area (Å²) in [5.41, 5.74) is 0.895. The van der Waals surface area contributed by atoms with Crippen molar-refractivity contribution >= 4 is 0 Å². The van der Waals surface area contributed by atoms with Gasteiger partial charge in [-0.05, 0) is 30.7 Å². The fourth-order valence-corrected chi connectivity index (χ4v) is 3.47. The molecule has 0 spiro atoms. The molecule has 1 saturated carbocycles. The molecule has 1 atom stereocenters. The molecule has 0 aliphatic heterocycles. The van der Waals surface area contributed by atoms with Gasteiger partial charge in [-0.1, -0.05) is 47.0 Å². The minimum Gasteiger partial charge on any atom is -0.316 e. The average Bonchev–Trinajstić information content (AvgIpc) is 2.03. The Labute approximate surface area is 89.7 Å². The van der Waals surface area contributed by atoms with Gasteiger partial charge in [0.25, 0.3) is 0 Å². The minimum absolute atomic E-state index is 0.376. The van der Waals surface area contributed by atoms with E-state index in [1.165, 1.54) is 32.1 Å². The number of hydrogen-bond acceptors (Lipinski definition) is 1. The molecule has 0 aromatic heterocycles. The molecule has 0 bridgehead atoms. The van der Waals surface area contributed by atoms with Crippen LogP contribution in [0.4, 0.5) is 0 Å². The Morgan fingerprint density at radius 2 is 1.57 bits per heavy atom. The standard InChI is InChI=1S/C13H27N/c1-12(2,3)11(14-5)13(4)9-7-6-8-10-13/h11,14H,6-10H2,1-5H3. The first kappa shape index (κ1) is 12.0. The summed E-state index contributed by atoms with van der Waals surface area (Å²) in [5.74, 6) is 0. The summed E-state index contributed by atoms with van der Waals surface area (Å²) in [7, 11) is 2.12. The van der Waals surface area contributed by atoms with Crippen LogP contribution >= 0.6 is 0 Å². The van der Waals surface area contributed by atoms with Gasteiger partial charge in [-0.3, -0.25) is 0 Å². The summed E-state index contributed by atoms with van der Waals surface area (Å²) in [6.45, 7) is 9.54. The van der Waals surface area contributed by atoms with Gasteiger partial charge in [0.05, 0.1) is 0 Å². The van der Waals surface area contributed by atoms with Crippen molar-refractivity contribution in [1.29, 1.82) is 0 Å². The second kappa shape index (κ2) is 4.22. The highest BCUT2D eigenvalue weighted by atomic mass is 14.9. The second-order valence-corrected chi connectivity index (χ2v) is 6.30. The first-order chi connectivity index (χ1) is 6.40. The van der Waals surface area contributed by atoms with E-state index in [0.717, 1.165) is 0 Å². The molecule has 1 aliphatic carbocycles. The van der Waals surface area contributed by atoms with Crippen molar-refractivity contribution in [1.82, 2.24) is 5.32 Å². The predicted molar refractivity (Wildman–Crippen MR) is 63.5 cm³/mol. The third-order valence-electron chi connectivity index (χ3n) is 3.85. The third kappa shape index (κ3) is 2.50. The largest absolute Gasteiger partial charge is 0.316 e. The predicted octanol–water partition coefficient (Wildman–Crippen LogP) is 3.59. The molecule has 1 aliphatic rings. The maximum Gasteiger partial charge on any atom is 0.0166 e. The van der Waals surface area contributed by atoms with Crippen LogP contribution in [0.3, 0.4) is 0 Å². The van der Waals surface area contributed by atoms with E-state index in [9.17, 15) is 0 Å². The Hall–Kier alpha value is -0.0400. The van der Waals surface area contributed by atoms with Crippen molar-refractivity contribution in [3.05, 3.63) is 0 Å². The highest BCUT2D eigenvalue weighted by molar-refractivity contribution is 4.95. The Morgan fingerprint density at radius 1 is 1.07 bits per heavy atom. The van der Waals surface area contributed by atoms with E-state index in [4.69, 9.17) is 0 Å². The molecule has 1 unspecified atom stereocenters. The lowest BCUT2D eigenvalue weighted by Gasteiger charge is -2.47. The summed E-state index contributed by atoms with van der Waals surface area (Å²) < 4.78 is 0. The smallest absolute Gasteiger partial charge is 0.0166 e. The minimum atomic E-state index is 0.376. The third-order valence-corrected chi connectivity index (χ3v) is 3.85. The van der Waals surface area contributed by atoms with E-state index in [0.29, 0.717) is 16.9 Å². The molecule has 14 heavy (non-hydrogen) atoms. The molecule has 1 fully saturated rings. The van der Waals surface area contributed by atoms with Crippen LogP contribution in [-0.2, 0) is 0 Å². The molecule has 0 radical (unpaired) electrons. The van der Waals surface area contributed by atoms with Gasteiger partial charge in [-0.2, -0.15) is 0 Å². The normalized spacial score (nSPS) is 24.6. The molecule has 0 saturated heterocycles. The van der Waals surface area contributed by atoms with Gasteiger partial charge in [0, 0.05) is 6.04 Å². The van der Waals surface area contributed by atoms with Crippen LogP contribution in [0.1, 0.15) is 59.8 Å². The van der Waals surface area contributed by atoms with E-state index >= 15 is 0 Å². The van der Waals surface area contributed by atoms with Crippen LogP contribution in [0.15, 0.2) is 0 Å². The lowest BCUT2D eigenvalue weighted by Crippen LogP contribution is -2.51. The van der Waals surface area contributed by atoms with Gasteiger partial charge in [0.1, 0.15) is 0 Å². The first-order valence-electron chi connectivity index (χ1n) is 6.07. The summed E-state index contributed by atoms with van der Waals surface area (Å²) in [5, 5.41) is 3.55. The maximum absolute atomic E-state index is 3.55. The van der Waals surface area contributed by atoms with E-state index in [1.807, 2.05) is 0 Å². The van der Waals surface area contributed by atoms with Crippen LogP contribution in [-0.4, -0.2) is 13.1 Å². The molecule has 1 heteroatoms. The molecule has 0 aromatic rings. The fraction of sp³-hybridized carbons (Fsp3) is 1.00. The molecular formula is C13H27N. The summed E-state index contributed by atoms with van der Waals surface area (Å²) in [6, 6.07) is 0.648. The van der Waals surface area contributed by atoms with Crippen LogP contribution in [0.25, 0.3) is 0 Å². The molecule has 1 N–H and O–H groups in total.